The molecule has 2 heterocycles. The van der Waals surface area contributed by atoms with Crippen LogP contribution in [0.2, 0.25) is 0 Å². The van der Waals surface area contributed by atoms with E-state index in [2.05, 4.69) is 29.5 Å². The van der Waals surface area contributed by atoms with Gasteiger partial charge in [-0.2, -0.15) is 5.10 Å². The van der Waals surface area contributed by atoms with Gasteiger partial charge in [-0.15, -0.1) is 0 Å². The zero-order valence-corrected chi connectivity index (χ0v) is 10.3. The number of rotatable bonds is 3. The lowest BCUT2D eigenvalue weighted by molar-refractivity contribution is 0.426. The van der Waals surface area contributed by atoms with E-state index >= 15 is 0 Å². The van der Waals surface area contributed by atoms with Crippen LogP contribution < -0.4 is 5.32 Å². The van der Waals surface area contributed by atoms with Gasteiger partial charge in [-0.05, 0) is 30.9 Å². The first-order valence-electron chi connectivity index (χ1n) is 6.49. The predicted octanol–water partition coefficient (Wildman–Crippen LogP) is 2.61. The summed E-state index contributed by atoms with van der Waals surface area (Å²) in [6, 6.07) is 6.89. The van der Waals surface area contributed by atoms with E-state index in [-0.39, 0.29) is 0 Å². The number of aromatic nitrogens is 2. The molecule has 2 atom stereocenters. The first kappa shape index (κ1) is 10.8. The minimum Gasteiger partial charge on any atom is -0.310 e. The van der Waals surface area contributed by atoms with E-state index in [1.54, 1.807) is 0 Å². The molecule has 1 N–H and O–H groups in total. The maximum absolute atomic E-state index is 4.36. The zero-order valence-electron chi connectivity index (χ0n) is 10.3. The van der Waals surface area contributed by atoms with Crippen molar-refractivity contribution in [2.45, 2.75) is 38.8 Å². The molecule has 0 aromatic carbocycles. The normalized spacial score (nSPS) is 24.5. The molecule has 0 radical (unpaired) electrons. The van der Waals surface area contributed by atoms with E-state index in [1.165, 1.54) is 30.3 Å². The van der Waals surface area contributed by atoms with Gasteiger partial charge in [0.15, 0.2) is 0 Å². The topological polar surface area (TPSA) is 29.3 Å². The maximum Gasteiger partial charge on any atom is 0.0706 e. The van der Waals surface area contributed by atoms with Gasteiger partial charge < -0.3 is 5.32 Å². The highest BCUT2D eigenvalue weighted by atomic mass is 15.2. The molecule has 1 aliphatic rings. The van der Waals surface area contributed by atoms with Gasteiger partial charge in [0.25, 0.3) is 0 Å². The summed E-state index contributed by atoms with van der Waals surface area (Å²) in [5.41, 5.74) is 2.51. The molecule has 2 unspecified atom stereocenters. The number of nitrogens with one attached hydrogen (secondary N) is 1. The number of hydrogen-bond acceptors (Lipinski definition) is 2. The van der Waals surface area contributed by atoms with Crippen LogP contribution in [0.25, 0.3) is 5.52 Å². The van der Waals surface area contributed by atoms with Crippen molar-refractivity contribution >= 4 is 5.52 Å². The molecule has 3 rings (SSSR count). The summed E-state index contributed by atoms with van der Waals surface area (Å²) in [5.74, 6) is 0.817. The van der Waals surface area contributed by atoms with Gasteiger partial charge in [-0.25, -0.2) is 4.52 Å². The predicted molar refractivity (Wildman–Crippen MR) is 68.8 cm³/mol. The van der Waals surface area contributed by atoms with Crippen molar-refractivity contribution in [2.24, 2.45) is 5.92 Å². The second kappa shape index (κ2) is 4.49. The van der Waals surface area contributed by atoms with E-state index in [4.69, 9.17) is 0 Å². The van der Waals surface area contributed by atoms with Crippen LogP contribution in [0, 0.1) is 5.92 Å². The SMILES string of the molecule is CC1CCCC1NCc1cnn2ccccc12. The van der Waals surface area contributed by atoms with Crippen LogP contribution in [-0.2, 0) is 6.54 Å². The van der Waals surface area contributed by atoms with Gasteiger partial charge in [0, 0.05) is 24.3 Å². The fourth-order valence-corrected chi connectivity index (χ4v) is 2.81. The highest BCUT2D eigenvalue weighted by Crippen LogP contribution is 2.25. The molecule has 0 saturated heterocycles. The zero-order chi connectivity index (χ0) is 11.7. The molecule has 1 saturated carbocycles. The summed E-state index contributed by atoms with van der Waals surface area (Å²) in [5, 5.41) is 8.03. The van der Waals surface area contributed by atoms with Crippen LogP contribution >= 0.6 is 0 Å². The van der Waals surface area contributed by atoms with Gasteiger partial charge in [0.05, 0.1) is 11.7 Å². The summed E-state index contributed by atoms with van der Waals surface area (Å²) in [4.78, 5) is 0. The lowest BCUT2D eigenvalue weighted by Gasteiger charge is -2.16. The third-order valence-electron chi connectivity index (χ3n) is 3.92. The monoisotopic (exact) mass is 229 g/mol. The summed E-state index contributed by atoms with van der Waals surface area (Å²) in [7, 11) is 0. The van der Waals surface area contributed by atoms with Crippen LogP contribution in [0.1, 0.15) is 31.7 Å². The lowest BCUT2D eigenvalue weighted by atomic mass is 10.1. The van der Waals surface area contributed by atoms with Crippen LogP contribution in [-0.4, -0.2) is 15.7 Å². The molecule has 0 bridgehead atoms. The minimum absolute atomic E-state index is 0.689. The molecule has 0 spiro atoms. The van der Waals surface area contributed by atoms with Gasteiger partial charge >= 0.3 is 0 Å². The Morgan fingerprint density at radius 2 is 2.35 bits per heavy atom. The van der Waals surface area contributed by atoms with Crippen LogP contribution in [0.15, 0.2) is 30.6 Å². The number of fused-ring (bicyclic) bond motifs is 1. The molecule has 17 heavy (non-hydrogen) atoms. The van der Waals surface area contributed by atoms with E-state index in [0.29, 0.717) is 6.04 Å². The Bertz CT molecular complexity index is 503. The number of pyridine rings is 1. The molecule has 2 aromatic rings. The van der Waals surface area contributed by atoms with Gasteiger partial charge in [-0.1, -0.05) is 19.4 Å². The van der Waals surface area contributed by atoms with E-state index < -0.39 is 0 Å². The number of nitrogens with zero attached hydrogens (tertiary/aromatic N) is 2. The van der Waals surface area contributed by atoms with Gasteiger partial charge in [0.2, 0.25) is 0 Å². The van der Waals surface area contributed by atoms with E-state index in [1.807, 2.05) is 23.0 Å². The Morgan fingerprint density at radius 1 is 1.41 bits per heavy atom. The van der Waals surface area contributed by atoms with E-state index in [9.17, 15) is 0 Å². The van der Waals surface area contributed by atoms with Crippen LogP contribution in [0.4, 0.5) is 0 Å². The molecule has 3 nitrogen and oxygen atoms in total. The molecule has 0 amide bonds. The quantitative estimate of drug-likeness (QED) is 0.876. The van der Waals surface area contributed by atoms with Crippen molar-refractivity contribution in [3.8, 4) is 0 Å². The van der Waals surface area contributed by atoms with E-state index in [0.717, 1.165) is 12.5 Å². The van der Waals surface area contributed by atoms with Crippen molar-refractivity contribution in [1.29, 1.82) is 0 Å². The first-order valence-corrected chi connectivity index (χ1v) is 6.49. The van der Waals surface area contributed by atoms with Crippen LogP contribution in [0.5, 0.6) is 0 Å². The van der Waals surface area contributed by atoms with Crippen molar-refractivity contribution in [2.75, 3.05) is 0 Å². The Morgan fingerprint density at radius 3 is 3.18 bits per heavy atom. The molecule has 1 fully saturated rings. The molecule has 2 aromatic heterocycles. The Hall–Kier alpha value is -1.35. The third-order valence-corrected chi connectivity index (χ3v) is 3.92. The summed E-state index contributed by atoms with van der Waals surface area (Å²) in [6.07, 6.45) is 8.03. The van der Waals surface area contributed by atoms with Gasteiger partial charge in [0.1, 0.15) is 0 Å². The average Bonchev–Trinajstić information content (AvgIpc) is 2.93. The summed E-state index contributed by atoms with van der Waals surface area (Å²) >= 11 is 0. The lowest BCUT2D eigenvalue weighted by Crippen LogP contribution is -2.30. The first-order chi connectivity index (χ1) is 8.34. The van der Waals surface area contributed by atoms with Crippen LogP contribution in [0.3, 0.4) is 0 Å². The highest BCUT2D eigenvalue weighted by Gasteiger charge is 2.22. The fraction of sp³-hybridized carbons (Fsp3) is 0.500. The Kier molecular flexibility index (Phi) is 2.85. The van der Waals surface area contributed by atoms with Crippen molar-refractivity contribution < 1.29 is 0 Å². The summed E-state index contributed by atoms with van der Waals surface area (Å²) in [6.45, 7) is 3.28. The van der Waals surface area contributed by atoms with Crippen molar-refractivity contribution in [3.63, 3.8) is 0 Å². The van der Waals surface area contributed by atoms with Crippen molar-refractivity contribution in [3.05, 3.63) is 36.2 Å². The molecule has 90 valence electrons. The Balaban J connectivity index is 1.72. The third kappa shape index (κ3) is 2.07. The summed E-state index contributed by atoms with van der Waals surface area (Å²) < 4.78 is 1.94. The average molecular weight is 229 g/mol. The molecule has 0 aliphatic heterocycles. The fourth-order valence-electron chi connectivity index (χ4n) is 2.81. The largest absolute Gasteiger partial charge is 0.310 e. The second-order valence-corrected chi connectivity index (χ2v) is 5.10. The van der Waals surface area contributed by atoms with Crippen molar-refractivity contribution in [1.82, 2.24) is 14.9 Å². The second-order valence-electron chi connectivity index (χ2n) is 5.10. The molecular formula is C14H19N3. The molecule has 1 aliphatic carbocycles. The molecule has 3 heteroatoms. The standard InChI is InChI=1S/C14H19N3/c1-11-5-4-6-13(11)15-9-12-10-16-17-8-3-2-7-14(12)17/h2-3,7-8,10-11,13,15H,4-6,9H2,1H3. The Labute approximate surface area is 102 Å². The smallest absolute Gasteiger partial charge is 0.0706 e. The molecular weight excluding hydrogens is 210 g/mol. The van der Waals surface area contributed by atoms with Gasteiger partial charge in [-0.3, -0.25) is 0 Å². The highest BCUT2D eigenvalue weighted by molar-refractivity contribution is 5.53. The minimum atomic E-state index is 0.689. The number of hydrogen-bond donors (Lipinski definition) is 1. The maximum atomic E-state index is 4.36.